The van der Waals surface area contributed by atoms with Gasteiger partial charge in [0, 0.05) is 0 Å². The zero-order valence-corrected chi connectivity index (χ0v) is 26.8. The minimum Gasteiger partial charge on any atom is -0.394 e. The second-order valence-electron chi connectivity index (χ2n) is 11.9. The number of rotatable bonds is 30. The van der Waals surface area contributed by atoms with Crippen LogP contribution in [0.25, 0.3) is 0 Å². The van der Waals surface area contributed by atoms with E-state index in [-0.39, 0.29) is 6.61 Å². The minimum atomic E-state index is -0.970. The molecule has 3 atom stereocenters. The molecule has 40 heavy (non-hydrogen) atoms. The summed E-state index contributed by atoms with van der Waals surface area (Å²) in [7, 11) is 0. The smallest absolute Gasteiger partial charge is 0.246 e. The summed E-state index contributed by atoms with van der Waals surface area (Å²) in [4.78, 5) is 10.6. The van der Waals surface area contributed by atoms with Crippen molar-refractivity contribution in [2.24, 2.45) is 5.73 Å². The fourth-order valence-electron chi connectivity index (χ4n) is 5.01. The van der Waals surface area contributed by atoms with Crippen LogP contribution in [0.5, 0.6) is 0 Å². The Balaban J connectivity index is 0. The summed E-state index contributed by atoms with van der Waals surface area (Å²) >= 11 is 0. The standard InChI is InChI=1S/C18H38O3.C16H33NO2/c1-2-3-4-5-6-7-8-9-10-11-12-13-14-15-17(20)18(21)16-19;1-2-3-4-5-6-7-8-9-10-11-12-13-14-15(18)16(17)19/h17-21H,2-16H2,1H3;15,18H,2-14H2,1H3,(H2,17,19). The van der Waals surface area contributed by atoms with Crippen LogP contribution in [-0.4, -0.2) is 51.3 Å². The van der Waals surface area contributed by atoms with Gasteiger partial charge < -0.3 is 26.2 Å². The Hall–Kier alpha value is -0.690. The lowest BCUT2D eigenvalue weighted by atomic mass is 10.0. The van der Waals surface area contributed by atoms with Gasteiger partial charge in [-0.05, 0) is 12.8 Å². The fourth-order valence-corrected chi connectivity index (χ4v) is 5.01. The molecule has 242 valence electrons. The summed E-state index contributed by atoms with van der Waals surface area (Å²) in [5.41, 5.74) is 4.99. The Morgan fingerprint density at radius 2 is 0.750 bits per heavy atom. The van der Waals surface area contributed by atoms with Crippen molar-refractivity contribution in [2.75, 3.05) is 6.61 Å². The molecule has 0 fully saturated rings. The third kappa shape index (κ3) is 33.5. The molecule has 0 aromatic heterocycles. The van der Waals surface area contributed by atoms with E-state index < -0.39 is 24.2 Å². The molecule has 6 nitrogen and oxygen atoms in total. The highest BCUT2D eigenvalue weighted by Gasteiger charge is 2.13. The van der Waals surface area contributed by atoms with E-state index in [0.717, 1.165) is 25.7 Å². The van der Waals surface area contributed by atoms with Gasteiger partial charge in [-0.2, -0.15) is 0 Å². The summed E-state index contributed by atoms with van der Waals surface area (Å²) in [5, 5.41) is 36.6. The first kappa shape index (κ1) is 41.4. The molecule has 6 heteroatoms. The van der Waals surface area contributed by atoms with Crippen LogP contribution in [0.4, 0.5) is 0 Å². The predicted octanol–water partition coefficient (Wildman–Crippen LogP) is 8.11. The number of carbonyl (C=O) groups is 1. The van der Waals surface area contributed by atoms with Crippen LogP contribution in [0.1, 0.15) is 187 Å². The highest BCUT2D eigenvalue weighted by molar-refractivity contribution is 5.78. The topological polar surface area (TPSA) is 124 Å². The Morgan fingerprint density at radius 1 is 0.475 bits per heavy atom. The molecule has 0 aliphatic rings. The second-order valence-corrected chi connectivity index (χ2v) is 11.9. The van der Waals surface area contributed by atoms with Gasteiger partial charge in [0.1, 0.15) is 12.2 Å². The van der Waals surface area contributed by atoms with Crippen molar-refractivity contribution in [3.63, 3.8) is 0 Å². The number of nitrogens with two attached hydrogens (primary N) is 1. The second kappa shape index (κ2) is 34.5. The van der Waals surface area contributed by atoms with E-state index in [9.17, 15) is 20.1 Å². The molecule has 3 unspecified atom stereocenters. The summed E-state index contributed by atoms with van der Waals surface area (Å²) in [5.74, 6) is -0.594. The van der Waals surface area contributed by atoms with Crippen molar-refractivity contribution in [3.05, 3.63) is 0 Å². The number of aliphatic hydroxyl groups excluding tert-OH is 4. The third-order valence-corrected chi connectivity index (χ3v) is 7.89. The number of unbranched alkanes of at least 4 members (excludes halogenated alkanes) is 23. The van der Waals surface area contributed by atoms with Crippen molar-refractivity contribution >= 4 is 5.91 Å². The minimum absolute atomic E-state index is 0.348. The zero-order valence-electron chi connectivity index (χ0n) is 26.8. The summed E-state index contributed by atoms with van der Waals surface area (Å²) in [6.45, 7) is 4.16. The van der Waals surface area contributed by atoms with E-state index in [4.69, 9.17) is 10.8 Å². The van der Waals surface area contributed by atoms with Crippen LogP contribution in [0, 0.1) is 0 Å². The van der Waals surface area contributed by atoms with Gasteiger partial charge in [0.25, 0.3) is 0 Å². The van der Waals surface area contributed by atoms with E-state index in [0.29, 0.717) is 12.8 Å². The van der Waals surface area contributed by atoms with Crippen LogP contribution < -0.4 is 5.73 Å². The summed E-state index contributed by atoms with van der Waals surface area (Å²) in [6.07, 6.45) is 30.9. The van der Waals surface area contributed by atoms with Crippen LogP contribution in [-0.2, 0) is 4.79 Å². The van der Waals surface area contributed by atoms with E-state index in [1.54, 1.807) is 0 Å². The number of aliphatic hydroxyl groups is 4. The summed E-state index contributed by atoms with van der Waals surface area (Å²) in [6, 6.07) is 0. The van der Waals surface area contributed by atoms with Gasteiger partial charge in [0.05, 0.1) is 12.7 Å². The van der Waals surface area contributed by atoms with Gasteiger partial charge in [-0.15, -0.1) is 0 Å². The molecule has 0 heterocycles. The maximum absolute atomic E-state index is 10.6. The van der Waals surface area contributed by atoms with Crippen molar-refractivity contribution in [1.29, 1.82) is 0 Å². The third-order valence-electron chi connectivity index (χ3n) is 7.89. The van der Waals surface area contributed by atoms with Crippen LogP contribution in [0.2, 0.25) is 0 Å². The van der Waals surface area contributed by atoms with Crippen molar-refractivity contribution < 1.29 is 25.2 Å². The molecule has 1 amide bonds. The van der Waals surface area contributed by atoms with E-state index in [1.807, 2.05) is 0 Å². The largest absolute Gasteiger partial charge is 0.394 e. The fraction of sp³-hybridized carbons (Fsp3) is 0.971. The summed E-state index contributed by atoms with van der Waals surface area (Å²) < 4.78 is 0. The van der Waals surface area contributed by atoms with Gasteiger partial charge >= 0.3 is 0 Å². The molecule has 0 saturated heterocycles. The Labute approximate surface area is 248 Å². The average molecular weight is 574 g/mol. The number of primary amides is 1. The van der Waals surface area contributed by atoms with Crippen molar-refractivity contribution in [1.82, 2.24) is 0 Å². The SMILES string of the molecule is CCCCCCCCCCCCCCC(O)C(N)=O.CCCCCCCCCCCCCCCC(O)C(O)CO. The molecule has 0 aliphatic heterocycles. The van der Waals surface area contributed by atoms with Crippen LogP contribution >= 0.6 is 0 Å². The molecule has 0 rings (SSSR count). The maximum Gasteiger partial charge on any atom is 0.246 e. The first-order valence-electron chi connectivity index (χ1n) is 17.3. The van der Waals surface area contributed by atoms with Crippen LogP contribution in [0.3, 0.4) is 0 Å². The lowest BCUT2D eigenvalue weighted by Crippen LogP contribution is -2.28. The lowest BCUT2D eigenvalue weighted by molar-refractivity contribution is -0.126. The van der Waals surface area contributed by atoms with Gasteiger partial charge in [0.2, 0.25) is 5.91 Å². The van der Waals surface area contributed by atoms with Crippen LogP contribution in [0.15, 0.2) is 0 Å². The highest BCUT2D eigenvalue weighted by Crippen LogP contribution is 2.15. The monoisotopic (exact) mass is 574 g/mol. The molecule has 0 radical (unpaired) electrons. The van der Waals surface area contributed by atoms with E-state index in [2.05, 4.69) is 13.8 Å². The van der Waals surface area contributed by atoms with Gasteiger partial charge in [-0.25, -0.2) is 0 Å². The number of hydrogen-bond acceptors (Lipinski definition) is 5. The van der Waals surface area contributed by atoms with Crippen molar-refractivity contribution in [2.45, 2.75) is 206 Å². The van der Waals surface area contributed by atoms with E-state index >= 15 is 0 Å². The Bertz CT molecular complexity index is 491. The zero-order chi connectivity index (χ0) is 30.1. The number of hydrogen-bond donors (Lipinski definition) is 5. The molecule has 0 bridgehead atoms. The molecule has 0 aromatic carbocycles. The van der Waals surface area contributed by atoms with Gasteiger partial charge in [-0.1, -0.05) is 174 Å². The Morgan fingerprint density at radius 3 is 1.02 bits per heavy atom. The predicted molar refractivity (Wildman–Crippen MR) is 170 cm³/mol. The molecular formula is C34H71NO5. The molecule has 0 aliphatic carbocycles. The van der Waals surface area contributed by atoms with Crippen molar-refractivity contribution in [3.8, 4) is 0 Å². The molecule has 6 N–H and O–H groups in total. The molecule has 0 spiro atoms. The number of amides is 1. The van der Waals surface area contributed by atoms with Gasteiger partial charge in [-0.3, -0.25) is 4.79 Å². The Kier molecular flexibility index (Phi) is 35.8. The lowest BCUT2D eigenvalue weighted by Gasteiger charge is -2.14. The molecule has 0 aromatic rings. The molecule has 0 saturated carbocycles. The average Bonchev–Trinajstić information content (AvgIpc) is 2.95. The van der Waals surface area contributed by atoms with Gasteiger partial charge in [0.15, 0.2) is 0 Å². The molecular weight excluding hydrogens is 502 g/mol. The number of carbonyl (C=O) groups excluding carboxylic acids is 1. The highest BCUT2D eigenvalue weighted by atomic mass is 16.4. The first-order valence-corrected chi connectivity index (χ1v) is 17.3. The normalized spacial score (nSPS) is 13.4. The quantitative estimate of drug-likeness (QED) is 0.0555. The first-order chi connectivity index (χ1) is 19.4. The maximum atomic E-state index is 10.6. The van der Waals surface area contributed by atoms with E-state index in [1.165, 1.54) is 135 Å².